The molecule has 4 bridgehead atoms. The minimum absolute atomic E-state index is 0.0874. The molecular weight excluding hydrogens is 338 g/mol. The molecule has 27 heavy (non-hydrogen) atoms. The Balaban J connectivity index is 1.19. The van der Waals surface area contributed by atoms with Crippen molar-refractivity contribution in [2.45, 2.75) is 64.9 Å². The second-order valence-corrected chi connectivity index (χ2v) is 10.7. The Bertz CT molecular complexity index is 540. The highest BCUT2D eigenvalue weighted by Crippen LogP contribution is 2.67. The molecule has 0 aromatic rings. The van der Waals surface area contributed by atoms with Crippen LogP contribution < -0.4 is 5.32 Å². The predicted octanol–water partition coefficient (Wildman–Crippen LogP) is 2.51. The minimum Gasteiger partial charge on any atom is -0.373 e. The molecule has 2 unspecified atom stereocenters. The van der Waals surface area contributed by atoms with Gasteiger partial charge in [-0.3, -0.25) is 9.69 Å². The van der Waals surface area contributed by atoms with E-state index in [9.17, 15) is 4.79 Å². The highest BCUT2D eigenvalue weighted by atomic mass is 16.5. The first kappa shape index (κ1) is 19.7. The molecular formula is C22H39N3O2. The summed E-state index contributed by atoms with van der Waals surface area (Å²) in [5.74, 6) is 1.00. The number of ether oxygens (including phenoxy) is 1. The van der Waals surface area contributed by atoms with E-state index in [1.54, 1.807) is 0 Å². The van der Waals surface area contributed by atoms with Gasteiger partial charge in [0.2, 0.25) is 5.91 Å². The van der Waals surface area contributed by atoms with Crippen LogP contribution in [0.25, 0.3) is 0 Å². The zero-order chi connectivity index (χ0) is 19.1. The van der Waals surface area contributed by atoms with E-state index in [4.69, 9.17) is 4.74 Å². The topological polar surface area (TPSA) is 44.8 Å². The molecule has 0 aromatic heterocycles. The number of rotatable bonds is 7. The lowest BCUT2D eigenvalue weighted by Crippen LogP contribution is -2.59. The Morgan fingerprint density at radius 3 is 2.22 bits per heavy atom. The fourth-order valence-electron chi connectivity index (χ4n) is 7.48. The van der Waals surface area contributed by atoms with Gasteiger partial charge >= 0.3 is 0 Å². The van der Waals surface area contributed by atoms with Gasteiger partial charge < -0.3 is 15.0 Å². The Morgan fingerprint density at radius 1 is 1.00 bits per heavy atom. The molecule has 5 rings (SSSR count). The van der Waals surface area contributed by atoms with Crippen molar-refractivity contribution in [2.75, 3.05) is 52.4 Å². The maximum absolute atomic E-state index is 12.3. The van der Waals surface area contributed by atoms with Crippen LogP contribution in [-0.4, -0.2) is 73.7 Å². The highest BCUT2D eigenvalue weighted by molar-refractivity contribution is 5.78. The van der Waals surface area contributed by atoms with Crippen molar-refractivity contribution in [3.05, 3.63) is 0 Å². The third-order valence-electron chi connectivity index (χ3n) is 7.69. The predicted molar refractivity (Wildman–Crippen MR) is 108 cm³/mol. The van der Waals surface area contributed by atoms with Crippen LogP contribution in [-0.2, 0) is 9.53 Å². The number of piperazine rings is 1. The summed E-state index contributed by atoms with van der Waals surface area (Å²) in [6.07, 6.45) is 7.87. The molecule has 1 aliphatic heterocycles. The van der Waals surface area contributed by atoms with Gasteiger partial charge in [0.05, 0.1) is 18.8 Å². The minimum atomic E-state index is 0.0874. The standard InChI is InChI=1S/C22H39N3O2/c1-4-24-6-8-25(9-7-24)14-19(26)23-5-10-27-22-13-18-11-20(2,16-22)15-21(3,12-18)17-22/h18H,4-17H2,1-3H3,(H,23,26). The van der Waals surface area contributed by atoms with Gasteiger partial charge in [0.1, 0.15) is 0 Å². The van der Waals surface area contributed by atoms with Crippen molar-refractivity contribution in [3.63, 3.8) is 0 Å². The fourth-order valence-corrected chi connectivity index (χ4v) is 7.48. The monoisotopic (exact) mass is 377 g/mol. The molecule has 1 heterocycles. The Hall–Kier alpha value is -0.650. The van der Waals surface area contributed by atoms with Crippen LogP contribution in [0.3, 0.4) is 0 Å². The molecule has 154 valence electrons. The van der Waals surface area contributed by atoms with Crippen molar-refractivity contribution in [1.82, 2.24) is 15.1 Å². The SMILES string of the molecule is CCN1CCN(CC(=O)NCCOC23CC4CC(C)(CC(C)(C4)C2)C3)CC1. The number of likely N-dealkylation sites (N-methyl/N-ethyl adjacent to an activating group) is 1. The van der Waals surface area contributed by atoms with Crippen LogP contribution in [0.4, 0.5) is 0 Å². The van der Waals surface area contributed by atoms with E-state index in [1.807, 2.05) is 0 Å². The number of nitrogens with zero attached hydrogens (tertiary/aromatic N) is 2. The van der Waals surface area contributed by atoms with E-state index in [2.05, 4.69) is 35.9 Å². The molecule has 0 spiro atoms. The second kappa shape index (κ2) is 7.31. The van der Waals surface area contributed by atoms with Gasteiger partial charge in [-0.15, -0.1) is 0 Å². The summed E-state index contributed by atoms with van der Waals surface area (Å²) in [6.45, 7) is 14.3. The summed E-state index contributed by atoms with van der Waals surface area (Å²) >= 11 is 0. The largest absolute Gasteiger partial charge is 0.373 e. The maximum atomic E-state index is 12.3. The van der Waals surface area contributed by atoms with E-state index < -0.39 is 0 Å². The average molecular weight is 378 g/mol. The van der Waals surface area contributed by atoms with Crippen molar-refractivity contribution in [3.8, 4) is 0 Å². The molecule has 5 nitrogen and oxygen atoms in total. The summed E-state index contributed by atoms with van der Waals surface area (Å²) in [6, 6.07) is 0. The van der Waals surface area contributed by atoms with E-state index in [0.29, 0.717) is 30.5 Å². The number of carbonyl (C=O) groups excluding carboxylic acids is 1. The molecule has 0 aromatic carbocycles. The zero-order valence-electron chi connectivity index (χ0n) is 17.7. The molecule has 1 saturated heterocycles. The first-order chi connectivity index (χ1) is 12.8. The van der Waals surface area contributed by atoms with Crippen molar-refractivity contribution in [2.24, 2.45) is 16.7 Å². The van der Waals surface area contributed by atoms with Gasteiger partial charge in [-0.25, -0.2) is 0 Å². The second-order valence-electron chi connectivity index (χ2n) is 10.7. The lowest BCUT2D eigenvalue weighted by molar-refractivity contribution is -0.213. The van der Waals surface area contributed by atoms with Crippen molar-refractivity contribution >= 4 is 5.91 Å². The quantitative estimate of drug-likeness (QED) is 0.693. The van der Waals surface area contributed by atoms with E-state index in [-0.39, 0.29) is 11.5 Å². The lowest BCUT2D eigenvalue weighted by atomic mass is 9.43. The average Bonchev–Trinajstić information content (AvgIpc) is 2.56. The molecule has 5 aliphatic rings. The maximum Gasteiger partial charge on any atom is 0.234 e. The molecule has 1 amide bonds. The number of carbonyl (C=O) groups is 1. The van der Waals surface area contributed by atoms with Crippen LogP contribution in [0.2, 0.25) is 0 Å². The van der Waals surface area contributed by atoms with Crippen molar-refractivity contribution < 1.29 is 9.53 Å². The number of amides is 1. The molecule has 4 saturated carbocycles. The first-order valence-electron chi connectivity index (χ1n) is 11.2. The molecule has 4 aliphatic carbocycles. The van der Waals surface area contributed by atoms with Crippen molar-refractivity contribution in [1.29, 1.82) is 0 Å². The van der Waals surface area contributed by atoms with Gasteiger partial charge in [0.25, 0.3) is 0 Å². The first-order valence-corrected chi connectivity index (χ1v) is 11.2. The zero-order valence-corrected chi connectivity index (χ0v) is 17.7. The number of hydrogen-bond acceptors (Lipinski definition) is 4. The fraction of sp³-hybridized carbons (Fsp3) is 0.955. The number of nitrogens with one attached hydrogen (secondary N) is 1. The third kappa shape index (κ3) is 4.35. The summed E-state index contributed by atoms with van der Waals surface area (Å²) in [5, 5.41) is 3.09. The summed E-state index contributed by atoms with van der Waals surface area (Å²) in [7, 11) is 0. The normalized spacial score (nSPS) is 41.8. The van der Waals surface area contributed by atoms with Gasteiger partial charge in [-0.05, 0) is 61.8 Å². The molecule has 0 radical (unpaired) electrons. The Labute approximate surface area is 165 Å². The molecule has 5 fully saturated rings. The molecule has 5 heteroatoms. The number of hydrogen-bond donors (Lipinski definition) is 1. The van der Waals surface area contributed by atoms with Crippen LogP contribution in [0, 0.1) is 16.7 Å². The summed E-state index contributed by atoms with van der Waals surface area (Å²) in [4.78, 5) is 17.0. The van der Waals surface area contributed by atoms with Gasteiger partial charge in [-0.2, -0.15) is 0 Å². The third-order valence-corrected chi connectivity index (χ3v) is 7.69. The van der Waals surface area contributed by atoms with Crippen LogP contribution in [0.1, 0.15) is 59.3 Å². The van der Waals surface area contributed by atoms with Crippen LogP contribution in [0.5, 0.6) is 0 Å². The molecule has 1 N–H and O–H groups in total. The van der Waals surface area contributed by atoms with Gasteiger partial charge in [-0.1, -0.05) is 20.8 Å². The summed E-state index contributed by atoms with van der Waals surface area (Å²) in [5.41, 5.74) is 1.06. The van der Waals surface area contributed by atoms with Crippen LogP contribution in [0.15, 0.2) is 0 Å². The van der Waals surface area contributed by atoms with E-state index in [0.717, 1.165) is 38.6 Å². The Morgan fingerprint density at radius 2 is 1.63 bits per heavy atom. The Kier molecular flexibility index (Phi) is 5.32. The van der Waals surface area contributed by atoms with Crippen LogP contribution >= 0.6 is 0 Å². The van der Waals surface area contributed by atoms with E-state index >= 15 is 0 Å². The lowest BCUT2D eigenvalue weighted by Gasteiger charge is -2.65. The molecule has 2 atom stereocenters. The van der Waals surface area contributed by atoms with Gasteiger partial charge in [0, 0.05) is 32.7 Å². The highest BCUT2D eigenvalue weighted by Gasteiger charge is 2.60. The van der Waals surface area contributed by atoms with E-state index in [1.165, 1.54) is 38.5 Å². The smallest absolute Gasteiger partial charge is 0.234 e. The van der Waals surface area contributed by atoms with Gasteiger partial charge in [0.15, 0.2) is 0 Å². The summed E-state index contributed by atoms with van der Waals surface area (Å²) < 4.78 is 6.51.